The first-order valence-electron chi connectivity index (χ1n) is 8.97. The number of aryl methyl sites for hydroxylation is 2. The van der Waals surface area contributed by atoms with Crippen LogP contribution in [0.3, 0.4) is 0 Å². The smallest absolute Gasteiger partial charge is 0.317 e. The van der Waals surface area contributed by atoms with E-state index in [9.17, 15) is 4.79 Å². The van der Waals surface area contributed by atoms with Crippen molar-refractivity contribution < 1.29 is 14.3 Å². The lowest BCUT2D eigenvalue weighted by molar-refractivity contribution is 0.0884. The molecule has 1 fully saturated rings. The third kappa shape index (κ3) is 4.71. The van der Waals surface area contributed by atoms with E-state index in [4.69, 9.17) is 9.47 Å². The van der Waals surface area contributed by atoms with Crippen molar-refractivity contribution in [3.8, 4) is 11.8 Å². The molecule has 0 unspecified atom stereocenters. The molecule has 1 aliphatic carbocycles. The molecule has 1 saturated carbocycles. The molecule has 0 saturated heterocycles. The zero-order valence-corrected chi connectivity index (χ0v) is 15.5. The topological polar surface area (TPSA) is 73.3 Å². The molecular formula is C20H25N3O3. The van der Waals surface area contributed by atoms with E-state index in [0.717, 1.165) is 42.8 Å². The summed E-state index contributed by atoms with van der Waals surface area (Å²) in [6, 6.07) is 9.70. The molecule has 2 aromatic rings. The molecule has 3 rings (SSSR count). The van der Waals surface area contributed by atoms with Gasteiger partial charge in [0.15, 0.2) is 0 Å². The van der Waals surface area contributed by atoms with Crippen LogP contribution in [0.25, 0.3) is 0 Å². The largest absolute Gasteiger partial charge is 0.497 e. The molecule has 6 nitrogen and oxygen atoms in total. The second kappa shape index (κ2) is 8.17. The van der Waals surface area contributed by atoms with Crippen molar-refractivity contribution in [2.24, 2.45) is 0 Å². The molecule has 138 valence electrons. The van der Waals surface area contributed by atoms with Crippen molar-refractivity contribution in [3.63, 3.8) is 0 Å². The fraction of sp³-hybridized carbons (Fsp3) is 0.450. The molecule has 6 heteroatoms. The molecule has 26 heavy (non-hydrogen) atoms. The Morgan fingerprint density at radius 2 is 1.65 bits per heavy atom. The lowest BCUT2D eigenvalue weighted by Gasteiger charge is -2.29. The number of benzene rings is 1. The number of amides is 1. The predicted molar refractivity (Wildman–Crippen MR) is 98.6 cm³/mol. The lowest BCUT2D eigenvalue weighted by Crippen LogP contribution is -2.39. The number of nitrogens with one attached hydrogen (secondary N) is 1. The van der Waals surface area contributed by atoms with Crippen LogP contribution in [0.4, 0.5) is 0 Å². The molecule has 1 amide bonds. The standard InChI is InChI=1S/C20H25N3O3/c1-13-12-14(2)22-20(21-13)26-18-10-6-16(7-11-18)23-19(24)15-4-8-17(25-3)9-5-15/h4-5,8-9,12,16,18H,6-7,10-11H2,1-3H3,(H,23,24). The number of carbonyl (C=O) groups is 1. The Morgan fingerprint density at radius 3 is 2.23 bits per heavy atom. The van der Waals surface area contributed by atoms with E-state index in [2.05, 4.69) is 15.3 Å². The van der Waals surface area contributed by atoms with Gasteiger partial charge in [-0.25, -0.2) is 9.97 Å². The average molecular weight is 355 g/mol. The first kappa shape index (κ1) is 18.2. The minimum Gasteiger partial charge on any atom is -0.497 e. The Hall–Kier alpha value is -2.63. The van der Waals surface area contributed by atoms with E-state index >= 15 is 0 Å². The van der Waals surface area contributed by atoms with Gasteiger partial charge in [-0.1, -0.05) is 0 Å². The molecular weight excluding hydrogens is 330 g/mol. The molecule has 0 aliphatic heterocycles. The van der Waals surface area contributed by atoms with Gasteiger partial charge in [-0.3, -0.25) is 4.79 Å². The highest BCUT2D eigenvalue weighted by molar-refractivity contribution is 5.94. The number of ether oxygens (including phenoxy) is 2. The van der Waals surface area contributed by atoms with Crippen molar-refractivity contribution >= 4 is 5.91 Å². The minimum absolute atomic E-state index is 0.0466. The van der Waals surface area contributed by atoms with Crippen molar-refractivity contribution in [1.29, 1.82) is 0 Å². The summed E-state index contributed by atoms with van der Waals surface area (Å²) < 4.78 is 11.0. The molecule has 1 heterocycles. The van der Waals surface area contributed by atoms with Crippen molar-refractivity contribution in [2.75, 3.05) is 7.11 Å². The van der Waals surface area contributed by atoms with Gasteiger partial charge in [-0.2, -0.15) is 0 Å². The number of hydrogen-bond donors (Lipinski definition) is 1. The molecule has 0 atom stereocenters. The van der Waals surface area contributed by atoms with Crippen molar-refractivity contribution in [2.45, 2.75) is 51.7 Å². The van der Waals surface area contributed by atoms with E-state index in [-0.39, 0.29) is 18.1 Å². The van der Waals surface area contributed by atoms with Gasteiger partial charge in [0.1, 0.15) is 11.9 Å². The Balaban J connectivity index is 1.49. The van der Waals surface area contributed by atoms with Crippen LogP contribution in [-0.2, 0) is 0 Å². The van der Waals surface area contributed by atoms with Crippen molar-refractivity contribution in [3.05, 3.63) is 47.3 Å². The lowest BCUT2D eigenvalue weighted by atomic mass is 9.92. The Labute approximate surface area is 154 Å². The normalized spacial score (nSPS) is 19.7. The number of hydrogen-bond acceptors (Lipinski definition) is 5. The molecule has 0 bridgehead atoms. The SMILES string of the molecule is COc1ccc(C(=O)NC2CCC(Oc3nc(C)cc(C)n3)CC2)cc1. The Morgan fingerprint density at radius 1 is 1.04 bits per heavy atom. The van der Waals surface area contributed by atoms with Crippen LogP contribution in [0.15, 0.2) is 30.3 Å². The molecule has 1 aromatic heterocycles. The number of nitrogens with zero attached hydrogens (tertiary/aromatic N) is 2. The molecule has 0 spiro atoms. The van der Waals surface area contributed by atoms with E-state index < -0.39 is 0 Å². The van der Waals surface area contributed by atoms with E-state index in [1.54, 1.807) is 31.4 Å². The monoisotopic (exact) mass is 355 g/mol. The first-order valence-corrected chi connectivity index (χ1v) is 8.97. The van der Waals surface area contributed by atoms with E-state index in [1.165, 1.54) is 0 Å². The van der Waals surface area contributed by atoms with Crippen LogP contribution in [-0.4, -0.2) is 35.1 Å². The fourth-order valence-electron chi connectivity index (χ4n) is 3.23. The van der Waals surface area contributed by atoms with Gasteiger partial charge in [-0.15, -0.1) is 0 Å². The van der Waals surface area contributed by atoms with Gasteiger partial charge >= 0.3 is 6.01 Å². The predicted octanol–water partition coefficient (Wildman–Crippen LogP) is 3.22. The molecule has 1 aliphatic rings. The molecule has 0 radical (unpaired) electrons. The van der Waals surface area contributed by atoms with Crippen LogP contribution >= 0.6 is 0 Å². The second-order valence-corrected chi connectivity index (χ2v) is 6.73. The second-order valence-electron chi connectivity index (χ2n) is 6.73. The average Bonchev–Trinajstić information content (AvgIpc) is 2.62. The zero-order valence-electron chi connectivity index (χ0n) is 15.5. The first-order chi connectivity index (χ1) is 12.5. The minimum atomic E-state index is -0.0466. The van der Waals surface area contributed by atoms with Gasteiger partial charge in [0, 0.05) is 23.0 Å². The summed E-state index contributed by atoms with van der Waals surface area (Å²) in [6.45, 7) is 3.88. The van der Waals surface area contributed by atoms with Crippen LogP contribution in [0.5, 0.6) is 11.8 Å². The summed E-state index contributed by atoms with van der Waals surface area (Å²) in [5.74, 6) is 0.697. The summed E-state index contributed by atoms with van der Waals surface area (Å²) in [7, 11) is 1.61. The summed E-state index contributed by atoms with van der Waals surface area (Å²) in [5.41, 5.74) is 2.47. The highest BCUT2D eigenvalue weighted by Gasteiger charge is 2.24. The van der Waals surface area contributed by atoms with Crippen LogP contribution in [0.1, 0.15) is 47.4 Å². The number of aromatic nitrogens is 2. The summed E-state index contributed by atoms with van der Waals surface area (Å²) in [5, 5.41) is 3.11. The maximum Gasteiger partial charge on any atom is 0.317 e. The number of rotatable bonds is 5. The zero-order chi connectivity index (χ0) is 18.5. The van der Waals surface area contributed by atoms with E-state index in [1.807, 2.05) is 19.9 Å². The third-order valence-electron chi connectivity index (χ3n) is 4.60. The Kier molecular flexibility index (Phi) is 5.71. The summed E-state index contributed by atoms with van der Waals surface area (Å²) >= 11 is 0. The number of carbonyl (C=O) groups excluding carboxylic acids is 1. The van der Waals surface area contributed by atoms with Crippen LogP contribution < -0.4 is 14.8 Å². The highest BCUT2D eigenvalue weighted by atomic mass is 16.5. The van der Waals surface area contributed by atoms with E-state index in [0.29, 0.717) is 11.6 Å². The van der Waals surface area contributed by atoms with Gasteiger partial charge in [-0.05, 0) is 69.9 Å². The molecule has 1 aromatic carbocycles. The fourth-order valence-corrected chi connectivity index (χ4v) is 3.23. The highest BCUT2D eigenvalue weighted by Crippen LogP contribution is 2.23. The van der Waals surface area contributed by atoms with Gasteiger partial charge in [0.25, 0.3) is 5.91 Å². The maximum absolute atomic E-state index is 12.4. The van der Waals surface area contributed by atoms with Gasteiger partial charge in [0.05, 0.1) is 7.11 Å². The summed E-state index contributed by atoms with van der Waals surface area (Å²) in [4.78, 5) is 21.0. The van der Waals surface area contributed by atoms with Crippen LogP contribution in [0.2, 0.25) is 0 Å². The summed E-state index contributed by atoms with van der Waals surface area (Å²) in [6.07, 6.45) is 3.63. The molecule has 1 N–H and O–H groups in total. The number of methoxy groups -OCH3 is 1. The Bertz CT molecular complexity index is 733. The third-order valence-corrected chi connectivity index (χ3v) is 4.60. The van der Waals surface area contributed by atoms with Gasteiger partial charge in [0.2, 0.25) is 0 Å². The van der Waals surface area contributed by atoms with Crippen LogP contribution in [0, 0.1) is 13.8 Å². The van der Waals surface area contributed by atoms with Gasteiger partial charge < -0.3 is 14.8 Å². The maximum atomic E-state index is 12.4. The quantitative estimate of drug-likeness (QED) is 0.891. The van der Waals surface area contributed by atoms with Crippen molar-refractivity contribution in [1.82, 2.24) is 15.3 Å².